The number of rotatable bonds is 7. The molecule has 0 rings (SSSR count). The Morgan fingerprint density at radius 2 is 1.57 bits per heavy atom. The summed E-state index contributed by atoms with van der Waals surface area (Å²) in [5.41, 5.74) is 0. The van der Waals surface area contributed by atoms with Gasteiger partial charge in [-0.3, -0.25) is 0 Å². The Hall–Kier alpha value is -0.0400. The molecule has 0 N–H and O–H groups in total. The smallest absolute Gasteiger partial charge is 0.00188 e. The molecule has 14 heavy (non-hydrogen) atoms. The largest absolute Gasteiger partial charge is 0.304 e. The molecule has 0 unspecified atom stereocenters. The van der Waals surface area contributed by atoms with E-state index in [4.69, 9.17) is 0 Å². The van der Waals surface area contributed by atoms with Gasteiger partial charge in [0.2, 0.25) is 0 Å². The molecule has 0 aromatic carbocycles. The van der Waals surface area contributed by atoms with Crippen LogP contribution in [0.3, 0.4) is 0 Å². The highest BCUT2D eigenvalue weighted by atomic mass is 15.1. The van der Waals surface area contributed by atoms with E-state index in [-0.39, 0.29) is 0 Å². The second-order valence-corrected chi connectivity index (χ2v) is 3.97. The molecule has 0 fully saturated rings. The van der Waals surface area contributed by atoms with Gasteiger partial charge in [0.05, 0.1) is 0 Å². The van der Waals surface area contributed by atoms with Crippen molar-refractivity contribution in [2.75, 3.05) is 19.6 Å². The molecular formula is C13H31N. The van der Waals surface area contributed by atoms with Crippen molar-refractivity contribution in [3.05, 3.63) is 0 Å². The number of hydrogen-bond acceptors (Lipinski definition) is 1. The fourth-order valence-corrected chi connectivity index (χ4v) is 1.47. The van der Waals surface area contributed by atoms with Gasteiger partial charge in [0.25, 0.3) is 0 Å². The van der Waals surface area contributed by atoms with E-state index in [1.54, 1.807) is 0 Å². The van der Waals surface area contributed by atoms with Crippen LogP contribution in [-0.4, -0.2) is 24.5 Å². The summed E-state index contributed by atoms with van der Waals surface area (Å²) in [6.07, 6.45) is 4.03. The minimum atomic E-state index is 0.866. The molecular weight excluding hydrogens is 170 g/mol. The monoisotopic (exact) mass is 201 g/mol. The van der Waals surface area contributed by atoms with Gasteiger partial charge < -0.3 is 4.90 Å². The van der Waals surface area contributed by atoms with Crippen LogP contribution in [0, 0.1) is 5.92 Å². The third kappa shape index (κ3) is 12.0. The van der Waals surface area contributed by atoms with Crippen LogP contribution >= 0.6 is 0 Å². The van der Waals surface area contributed by atoms with Crippen molar-refractivity contribution in [3.63, 3.8) is 0 Å². The molecule has 0 atom stereocenters. The Bertz CT molecular complexity index is 89.2. The third-order valence-electron chi connectivity index (χ3n) is 2.24. The summed E-state index contributed by atoms with van der Waals surface area (Å²) < 4.78 is 0. The van der Waals surface area contributed by atoms with Crippen molar-refractivity contribution in [2.45, 2.75) is 60.8 Å². The molecule has 0 aliphatic heterocycles. The normalized spacial score (nSPS) is 10.3. The van der Waals surface area contributed by atoms with Crippen molar-refractivity contribution < 1.29 is 0 Å². The first-order chi connectivity index (χ1) is 6.70. The average molecular weight is 201 g/mol. The van der Waals surface area contributed by atoms with E-state index in [0.717, 1.165) is 5.92 Å². The van der Waals surface area contributed by atoms with Crippen LogP contribution in [-0.2, 0) is 0 Å². The maximum absolute atomic E-state index is 2.54. The van der Waals surface area contributed by atoms with Crippen molar-refractivity contribution in [1.29, 1.82) is 0 Å². The summed E-state index contributed by atoms with van der Waals surface area (Å²) in [4.78, 5) is 2.54. The molecule has 0 saturated heterocycles. The van der Waals surface area contributed by atoms with Gasteiger partial charge >= 0.3 is 0 Å². The Balaban J connectivity index is 0. The van der Waals surface area contributed by atoms with E-state index < -0.39 is 0 Å². The van der Waals surface area contributed by atoms with Gasteiger partial charge in [-0.1, -0.05) is 41.5 Å². The zero-order chi connectivity index (χ0) is 11.4. The Kier molecular flexibility index (Phi) is 15.2. The molecule has 0 spiro atoms. The highest BCUT2D eigenvalue weighted by Gasteiger charge is 2.00. The minimum absolute atomic E-state index is 0.866. The third-order valence-corrected chi connectivity index (χ3v) is 2.24. The predicted octanol–water partition coefficient (Wildman–Crippen LogP) is 4.18. The molecule has 0 aliphatic rings. The van der Waals surface area contributed by atoms with Crippen molar-refractivity contribution in [3.8, 4) is 0 Å². The van der Waals surface area contributed by atoms with E-state index in [1.807, 2.05) is 13.8 Å². The van der Waals surface area contributed by atoms with Gasteiger partial charge in [0.1, 0.15) is 0 Å². The van der Waals surface area contributed by atoms with Crippen LogP contribution < -0.4 is 0 Å². The quantitative estimate of drug-likeness (QED) is 0.597. The van der Waals surface area contributed by atoms with E-state index in [9.17, 15) is 0 Å². The van der Waals surface area contributed by atoms with Gasteiger partial charge in [0, 0.05) is 0 Å². The van der Waals surface area contributed by atoms with Crippen molar-refractivity contribution in [2.24, 2.45) is 5.92 Å². The number of nitrogens with zero attached hydrogens (tertiary/aromatic N) is 1. The minimum Gasteiger partial charge on any atom is -0.304 e. The predicted molar refractivity (Wildman–Crippen MR) is 67.8 cm³/mol. The molecule has 0 heterocycles. The highest BCUT2D eigenvalue weighted by molar-refractivity contribution is 4.55. The van der Waals surface area contributed by atoms with Gasteiger partial charge in [0.15, 0.2) is 0 Å². The summed E-state index contributed by atoms with van der Waals surface area (Å²) in [5, 5.41) is 0. The molecule has 0 aromatic heterocycles. The zero-order valence-electron chi connectivity index (χ0n) is 11.3. The molecule has 0 aliphatic carbocycles. The van der Waals surface area contributed by atoms with Crippen LogP contribution in [0.5, 0.6) is 0 Å². The van der Waals surface area contributed by atoms with Crippen LogP contribution in [0.25, 0.3) is 0 Å². The fraction of sp³-hybridized carbons (Fsp3) is 1.00. The molecule has 0 bridgehead atoms. The first-order valence-electron chi connectivity index (χ1n) is 6.43. The second kappa shape index (κ2) is 13.0. The molecule has 0 radical (unpaired) electrons. The number of hydrogen-bond donors (Lipinski definition) is 0. The van der Waals surface area contributed by atoms with Crippen molar-refractivity contribution >= 4 is 0 Å². The van der Waals surface area contributed by atoms with E-state index in [1.165, 1.54) is 38.9 Å². The molecule has 88 valence electrons. The molecule has 0 amide bonds. The van der Waals surface area contributed by atoms with Gasteiger partial charge in [-0.25, -0.2) is 0 Å². The summed E-state index contributed by atoms with van der Waals surface area (Å²) in [5.74, 6) is 0.866. The topological polar surface area (TPSA) is 3.24 Å². The lowest BCUT2D eigenvalue weighted by Gasteiger charge is -2.19. The van der Waals surface area contributed by atoms with E-state index in [2.05, 4.69) is 32.6 Å². The lowest BCUT2D eigenvalue weighted by atomic mass is 10.1. The maximum atomic E-state index is 2.54. The van der Waals surface area contributed by atoms with Crippen molar-refractivity contribution in [1.82, 2.24) is 4.90 Å². The Morgan fingerprint density at radius 3 is 1.93 bits per heavy atom. The van der Waals surface area contributed by atoms with Crippen LogP contribution in [0.4, 0.5) is 0 Å². The van der Waals surface area contributed by atoms with Crippen LogP contribution in [0.15, 0.2) is 0 Å². The SMILES string of the molecule is CC.CCCN(CC)CCCC(C)C. The van der Waals surface area contributed by atoms with E-state index >= 15 is 0 Å². The van der Waals surface area contributed by atoms with E-state index in [0.29, 0.717) is 0 Å². The summed E-state index contributed by atoms with van der Waals surface area (Å²) in [6, 6.07) is 0. The maximum Gasteiger partial charge on any atom is -0.00188 e. The molecule has 1 heteroatoms. The summed E-state index contributed by atoms with van der Waals surface area (Å²) in [7, 11) is 0. The first-order valence-corrected chi connectivity index (χ1v) is 6.43. The molecule has 0 saturated carbocycles. The lowest BCUT2D eigenvalue weighted by molar-refractivity contribution is 0.277. The molecule has 0 aromatic rings. The first kappa shape index (κ1) is 16.4. The zero-order valence-corrected chi connectivity index (χ0v) is 11.3. The van der Waals surface area contributed by atoms with Gasteiger partial charge in [-0.2, -0.15) is 0 Å². The van der Waals surface area contributed by atoms with Gasteiger partial charge in [-0.05, 0) is 44.8 Å². The second-order valence-electron chi connectivity index (χ2n) is 3.97. The highest BCUT2D eigenvalue weighted by Crippen LogP contribution is 2.04. The lowest BCUT2D eigenvalue weighted by Crippen LogP contribution is -2.25. The summed E-state index contributed by atoms with van der Waals surface area (Å²) >= 11 is 0. The summed E-state index contributed by atoms with van der Waals surface area (Å²) in [6.45, 7) is 16.9. The average Bonchev–Trinajstić information content (AvgIpc) is 2.19. The Labute approximate surface area is 91.9 Å². The van der Waals surface area contributed by atoms with Crippen LogP contribution in [0.2, 0.25) is 0 Å². The standard InChI is InChI=1S/C11H25N.C2H6/c1-5-9-12(6-2)10-7-8-11(3)4;1-2/h11H,5-10H2,1-4H3;1-2H3. The van der Waals surface area contributed by atoms with Gasteiger partial charge in [-0.15, -0.1) is 0 Å². The Morgan fingerprint density at radius 1 is 1.00 bits per heavy atom. The molecule has 1 nitrogen and oxygen atoms in total. The fourth-order valence-electron chi connectivity index (χ4n) is 1.47. The van der Waals surface area contributed by atoms with Crippen LogP contribution in [0.1, 0.15) is 60.8 Å².